The first-order valence-corrected chi connectivity index (χ1v) is 3.79. The predicted octanol–water partition coefficient (Wildman–Crippen LogP) is -3.91. The molecule has 5 nitrogen and oxygen atoms in total. The molecule has 0 atom stereocenters. The fraction of sp³-hybridized carbons (Fsp3) is 0. The molecule has 0 aliphatic heterocycles. The molecule has 0 amide bonds. The van der Waals surface area contributed by atoms with Crippen molar-refractivity contribution in [1.82, 2.24) is 6.15 Å². The minimum Gasteiger partial charge on any atom is 3.00 e. The number of hydrogen-bond donors (Lipinski definition) is 1. The van der Waals surface area contributed by atoms with E-state index < -0.39 is 14.5 Å². The van der Waals surface area contributed by atoms with Crippen LogP contribution in [0.4, 0.5) is 0 Å². The molecule has 0 aliphatic carbocycles. The molecule has 0 rings (SSSR count). The molecule has 0 saturated carbocycles. The molecule has 7 heavy (non-hydrogen) atoms. The largest absolute Gasteiger partial charge is 3.00 e. The molecule has 0 saturated heterocycles. The summed E-state index contributed by atoms with van der Waals surface area (Å²) < 4.78 is 34.4. The minimum atomic E-state index is -5.88. The van der Waals surface area contributed by atoms with E-state index in [-0.39, 0.29) is 23.2 Å². The van der Waals surface area contributed by atoms with Gasteiger partial charge in [0.1, 0.15) is 0 Å². The average molecular weight is 219 g/mol. The Morgan fingerprint density at radius 1 is 1.14 bits per heavy atom. The van der Waals surface area contributed by atoms with Crippen LogP contribution in [0.15, 0.2) is 0 Å². The Kier molecular flexibility index (Phi) is 10.9. The van der Waals surface area contributed by atoms with E-state index in [4.69, 9.17) is 16.0 Å². The SMILES string of the molecule is N.O=[As]([O-])([O-])[O-].[Cu+3]. The van der Waals surface area contributed by atoms with Crippen LogP contribution in [0.2, 0.25) is 0 Å². The summed E-state index contributed by atoms with van der Waals surface area (Å²) in [6, 6.07) is 0. The van der Waals surface area contributed by atoms with E-state index in [0.29, 0.717) is 0 Å². The van der Waals surface area contributed by atoms with Gasteiger partial charge in [0.05, 0.1) is 0 Å². The van der Waals surface area contributed by atoms with Crippen LogP contribution >= 0.6 is 0 Å². The van der Waals surface area contributed by atoms with Gasteiger partial charge in [0.15, 0.2) is 0 Å². The Hall–Kier alpha value is 0.718. The number of hydrogen-bond acceptors (Lipinski definition) is 5. The maximum atomic E-state index is 8.61. The zero-order valence-corrected chi connectivity index (χ0v) is 5.91. The van der Waals surface area contributed by atoms with E-state index in [0.717, 1.165) is 0 Å². The first-order chi connectivity index (χ1) is 2.00. The standard InChI is InChI=1S/AsH3O4.Cu.H3N/c2-1(3,4)5;;/h(H3,2,3,4,5);;1H3/q;+3;/p-3. The third-order valence-corrected chi connectivity index (χ3v) is 0. The van der Waals surface area contributed by atoms with E-state index in [1.54, 1.807) is 0 Å². The summed E-state index contributed by atoms with van der Waals surface area (Å²) in [7, 11) is 0. The Bertz CT molecular complexity index is 57.8. The van der Waals surface area contributed by atoms with Crippen LogP contribution in [0, 0.1) is 0 Å². The maximum absolute atomic E-state index is 8.61. The third kappa shape index (κ3) is 290. The van der Waals surface area contributed by atoms with Crippen molar-refractivity contribution in [3.05, 3.63) is 0 Å². The van der Waals surface area contributed by atoms with Gasteiger partial charge in [0.2, 0.25) is 0 Å². The van der Waals surface area contributed by atoms with Gasteiger partial charge in [-0.2, -0.15) is 0 Å². The molecular formula is H3AsCuNO4. The van der Waals surface area contributed by atoms with E-state index >= 15 is 0 Å². The Morgan fingerprint density at radius 2 is 1.14 bits per heavy atom. The zero-order valence-electron chi connectivity index (χ0n) is 3.09. The monoisotopic (exact) mass is 219 g/mol. The fourth-order valence-corrected chi connectivity index (χ4v) is 0. The van der Waals surface area contributed by atoms with Gasteiger partial charge in [-0.15, -0.1) is 0 Å². The topological polar surface area (TPSA) is 121 Å². The van der Waals surface area contributed by atoms with Crippen molar-refractivity contribution in [3.8, 4) is 0 Å². The van der Waals surface area contributed by atoms with Crippen LogP contribution in [-0.4, -0.2) is 14.5 Å². The van der Waals surface area contributed by atoms with E-state index in [2.05, 4.69) is 0 Å². The van der Waals surface area contributed by atoms with Gasteiger partial charge in [-0.1, -0.05) is 0 Å². The zero-order chi connectivity index (χ0) is 4.50. The maximum Gasteiger partial charge on any atom is 3.00 e. The first kappa shape index (κ1) is 15.6. The molecular weight excluding hydrogens is 216 g/mol. The Morgan fingerprint density at radius 3 is 1.14 bits per heavy atom. The average Bonchev–Trinajstić information content (AvgIpc) is 0.722. The van der Waals surface area contributed by atoms with Gasteiger partial charge >= 0.3 is 47.6 Å². The molecule has 0 unspecified atom stereocenters. The summed E-state index contributed by atoms with van der Waals surface area (Å²) in [5.74, 6) is 0. The normalized spacial score (nSPS) is 8.43. The predicted molar refractivity (Wildman–Crippen MR) is 11.5 cm³/mol. The van der Waals surface area contributed by atoms with Crippen molar-refractivity contribution >= 4 is 14.5 Å². The van der Waals surface area contributed by atoms with Gasteiger partial charge in [-0.3, -0.25) is 0 Å². The van der Waals surface area contributed by atoms with Gasteiger partial charge in [0.25, 0.3) is 0 Å². The summed E-state index contributed by atoms with van der Waals surface area (Å²) >= 11 is -5.88. The molecule has 7 heteroatoms. The van der Waals surface area contributed by atoms with Crippen LogP contribution in [0.25, 0.3) is 0 Å². The van der Waals surface area contributed by atoms with Gasteiger partial charge in [-0.05, 0) is 0 Å². The van der Waals surface area contributed by atoms with Crippen LogP contribution in [-0.2, 0) is 20.8 Å². The van der Waals surface area contributed by atoms with Gasteiger partial charge < -0.3 is 6.15 Å². The molecule has 3 N–H and O–H groups in total. The smallest absolute Gasteiger partial charge is 3.00 e. The van der Waals surface area contributed by atoms with Crippen molar-refractivity contribution in [3.63, 3.8) is 0 Å². The van der Waals surface area contributed by atoms with Crippen LogP contribution in [0.5, 0.6) is 0 Å². The molecule has 0 radical (unpaired) electrons. The first-order valence-electron chi connectivity index (χ1n) is 0.730. The second-order valence-electron chi connectivity index (χ2n) is 0.447. The van der Waals surface area contributed by atoms with Crippen LogP contribution in [0.3, 0.4) is 0 Å². The molecule has 0 aromatic rings. The summed E-state index contributed by atoms with van der Waals surface area (Å²) in [4.78, 5) is 0. The van der Waals surface area contributed by atoms with Crippen molar-refractivity contribution in [2.45, 2.75) is 0 Å². The minimum absolute atomic E-state index is 0. The molecule has 0 aliphatic rings. The second kappa shape index (κ2) is 4.87. The fourth-order valence-electron chi connectivity index (χ4n) is 0. The van der Waals surface area contributed by atoms with Crippen molar-refractivity contribution in [2.24, 2.45) is 0 Å². The summed E-state index contributed by atoms with van der Waals surface area (Å²) in [5, 5.41) is 0. The number of rotatable bonds is 0. The molecule has 48 valence electrons. The molecule has 0 heterocycles. The summed E-state index contributed by atoms with van der Waals surface area (Å²) in [5.41, 5.74) is 0. The molecule has 0 aromatic carbocycles. The van der Waals surface area contributed by atoms with E-state index in [1.807, 2.05) is 0 Å². The van der Waals surface area contributed by atoms with Crippen molar-refractivity contribution < 1.29 is 33.1 Å². The van der Waals surface area contributed by atoms with Crippen LogP contribution in [0.1, 0.15) is 0 Å². The molecule has 0 fully saturated rings. The van der Waals surface area contributed by atoms with Gasteiger partial charge in [0, 0.05) is 0 Å². The molecule has 0 bridgehead atoms. The summed E-state index contributed by atoms with van der Waals surface area (Å²) in [6.45, 7) is 0. The van der Waals surface area contributed by atoms with Crippen molar-refractivity contribution in [1.29, 1.82) is 0 Å². The second-order valence-corrected chi connectivity index (χ2v) is 2.32. The summed E-state index contributed by atoms with van der Waals surface area (Å²) in [6.07, 6.45) is 0. The Balaban J connectivity index is -0.0000000800. The quantitative estimate of drug-likeness (QED) is 0.417. The third-order valence-electron chi connectivity index (χ3n) is 0. The molecule has 0 aromatic heterocycles. The Labute approximate surface area is 54.1 Å². The molecule has 0 spiro atoms. The van der Waals surface area contributed by atoms with E-state index in [9.17, 15) is 0 Å². The van der Waals surface area contributed by atoms with Crippen LogP contribution < -0.4 is 18.4 Å². The van der Waals surface area contributed by atoms with E-state index in [1.165, 1.54) is 0 Å². The van der Waals surface area contributed by atoms with Gasteiger partial charge in [-0.25, -0.2) is 0 Å². The van der Waals surface area contributed by atoms with Crippen molar-refractivity contribution in [2.75, 3.05) is 0 Å².